The van der Waals surface area contributed by atoms with Crippen molar-refractivity contribution in [3.05, 3.63) is 66.4 Å². The van der Waals surface area contributed by atoms with Crippen LogP contribution < -0.4 is 5.32 Å². The first kappa shape index (κ1) is 16.5. The predicted molar refractivity (Wildman–Crippen MR) is 92.6 cm³/mol. The number of carbonyl (C=O) groups excluding carboxylic acids is 2. The number of nitrogens with zero attached hydrogens (tertiary/aromatic N) is 3. The van der Waals surface area contributed by atoms with Crippen LogP contribution in [-0.4, -0.2) is 35.0 Å². The lowest BCUT2D eigenvalue weighted by molar-refractivity contribution is -0.137. The van der Waals surface area contributed by atoms with E-state index in [1.165, 1.54) is 6.08 Å². The molecule has 0 spiro atoms. The first-order valence-electron chi connectivity index (χ1n) is 7.69. The molecule has 2 aromatic carbocycles. The minimum Gasteiger partial charge on any atom is -0.395 e. The molecule has 0 saturated carbocycles. The number of hydrogen-bond donors (Lipinski definition) is 2. The summed E-state index contributed by atoms with van der Waals surface area (Å²) >= 11 is 0. The van der Waals surface area contributed by atoms with Gasteiger partial charge in [0.15, 0.2) is 0 Å². The van der Waals surface area contributed by atoms with Gasteiger partial charge in [-0.25, -0.2) is 0 Å². The van der Waals surface area contributed by atoms with Gasteiger partial charge in [-0.05, 0) is 36.4 Å². The zero-order chi connectivity index (χ0) is 17.6. The maximum absolute atomic E-state index is 12.1. The van der Waals surface area contributed by atoms with Gasteiger partial charge < -0.3 is 10.4 Å². The van der Waals surface area contributed by atoms with Gasteiger partial charge in [-0.1, -0.05) is 18.2 Å². The standard InChI is InChI=1S/C18H16N4O3/c23-11-10-22-17(24)12-16(18(22)25)19-13-6-8-15(9-7-13)21-20-14-4-2-1-3-5-14/h1-9,12,19,23H,10-11H2. The van der Waals surface area contributed by atoms with Crippen LogP contribution in [0.1, 0.15) is 0 Å². The molecule has 0 unspecified atom stereocenters. The molecule has 0 aliphatic carbocycles. The number of aliphatic hydroxyl groups excluding tert-OH is 1. The number of β-amino-alcohol motifs (C(OH)–C–C–N with tert-alkyl or cyclic N) is 1. The molecule has 25 heavy (non-hydrogen) atoms. The lowest BCUT2D eigenvalue weighted by Crippen LogP contribution is -2.34. The van der Waals surface area contributed by atoms with Crippen molar-refractivity contribution in [1.82, 2.24) is 4.90 Å². The van der Waals surface area contributed by atoms with E-state index in [-0.39, 0.29) is 18.8 Å². The predicted octanol–water partition coefficient (Wildman–Crippen LogP) is 2.76. The third kappa shape index (κ3) is 3.96. The van der Waals surface area contributed by atoms with Crippen LogP contribution in [0, 0.1) is 0 Å². The molecule has 2 aromatic rings. The SMILES string of the molecule is O=C1C=C(Nc2ccc(N=Nc3ccccc3)cc2)C(=O)N1CCO. The third-order valence-corrected chi connectivity index (χ3v) is 3.52. The average Bonchev–Trinajstić information content (AvgIpc) is 2.90. The Kier molecular flexibility index (Phi) is 4.96. The summed E-state index contributed by atoms with van der Waals surface area (Å²) in [7, 11) is 0. The second kappa shape index (κ2) is 7.50. The molecule has 0 radical (unpaired) electrons. The topological polar surface area (TPSA) is 94.4 Å². The Bertz CT molecular complexity index is 829. The second-order valence-electron chi connectivity index (χ2n) is 5.28. The quantitative estimate of drug-likeness (QED) is 0.626. The Hall–Kier alpha value is -3.32. The number of aliphatic hydroxyl groups is 1. The molecule has 2 amide bonds. The number of imide groups is 1. The molecular formula is C18H16N4O3. The molecule has 1 aliphatic heterocycles. The van der Waals surface area contributed by atoms with E-state index >= 15 is 0 Å². The highest BCUT2D eigenvalue weighted by Gasteiger charge is 2.30. The molecule has 2 N–H and O–H groups in total. The van der Waals surface area contributed by atoms with Gasteiger partial charge in [-0.3, -0.25) is 14.5 Å². The summed E-state index contributed by atoms with van der Waals surface area (Å²) in [5.74, 6) is -0.887. The van der Waals surface area contributed by atoms with Crippen molar-refractivity contribution in [2.75, 3.05) is 18.5 Å². The van der Waals surface area contributed by atoms with E-state index in [0.717, 1.165) is 10.6 Å². The summed E-state index contributed by atoms with van der Waals surface area (Å²) in [5, 5.41) is 20.1. The molecule has 7 nitrogen and oxygen atoms in total. The largest absolute Gasteiger partial charge is 0.395 e. The van der Waals surface area contributed by atoms with Crippen molar-refractivity contribution in [1.29, 1.82) is 0 Å². The van der Waals surface area contributed by atoms with Gasteiger partial charge in [0.1, 0.15) is 5.70 Å². The number of azo groups is 1. The molecule has 1 heterocycles. The Morgan fingerprint density at radius 2 is 1.56 bits per heavy atom. The lowest BCUT2D eigenvalue weighted by Gasteiger charge is -2.13. The van der Waals surface area contributed by atoms with Gasteiger partial charge in [-0.2, -0.15) is 10.2 Å². The summed E-state index contributed by atoms with van der Waals surface area (Å²) in [5.41, 5.74) is 2.25. The molecule has 1 aliphatic rings. The highest BCUT2D eigenvalue weighted by Crippen LogP contribution is 2.22. The Labute approximate surface area is 144 Å². The molecule has 0 saturated heterocycles. The fourth-order valence-corrected chi connectivity index (χ4v) is 2.29. The Morgan fingerprint density at radius 3 is 2.20 bits per heavy atom. The van der Waals surface area contributed by atoms with Crippen LogP contribution in [0.4, 0.5) is 17.1 Å². The first-order chi connectivity index (χ1) is 12.2. The van der Waals surface area contributed by atoms with Crippen LogP contribution in [0.25, 0.3) is 0 Å². The minimum atomic E-state index is -0.452. The molecule has 0 atom stereocenters. The van der Waals surface area contributed by atoms with E-state index in [4.69, 9.17) is 5.11 Å². The van der Waals surface area contributed by atoms with Gasteiger partial charge in [0, 0.05) is 11.8 Å². The van der Waals surface area contributed by atoms with Crippen LogP contribution in [0.5, 0.6) is 0 Å². The van der Waals surface area contributed by atoms with Crippen molar-refractivity contribution >= 4 is 28.9 Å². The maximum atomic E-state index is 12.1. The minimum absolute atomic E-state index is 0.0157. The van der Waals surface area contributed by atoms with E-state index in [1.54, 1.807) is 24.3 Å². The summed E-state index contributed by atoms with van der Waals surface area (Å²) < 4.78 is 0. The van der Waals surface area contributed by atoms with E-state index in [0.29, 0.717) is 11.4 Å². The van der Waals surface area contributed by atoms with Gasteiger partial charge >= 0.3 is 0 Å². The number of anilines is 1. The normalized spacial score (nSPS) is 14.3. The van der Waals surface area contributed by atoms with Crippen molar-refractivity contribution in [2.45, 2.75) is 0 Å². The number of nitrogens with one attached hydrogen (secondary N) is 1. The van der Waals surface area contributed by atoms with Gasteiger partial charge in [0.05, 0.1) is 24.5 Å². The van der Waals surface area contributed by atoms with Crippen LogP contribution in [-0.2, 0) is 9.59 Å². The van der Waals surface area contributed by atoms with E-state index in [9.17, 15) is 9.59 Å². The molecule has 7 heteroatoms. The lowest BCUT2D eigenvalue weighted by atomic mass is 10.2. The molecule has 0 fully saturated rings. The summed E-state index contributed by atoms with van der Waals surface area (Å²) in [4.78, 5) is 24.8. The fourth-order valence-electron chi connectivity index (χ4n) is 2.29. The van der Waals surface area contributed by atoms with Crippen LogP contribution in [0.3, 0.4) is 0 Å². The first-order valence-corrected chi connectivity index (χ1v) is 7.69. The molecule has 0 bridgehead atoms. The van der Waals surface area contributed by atoms with Crippen LogP contribution >= 0.6 is 0 Å². The zero-order valence-electron chi connectivity index (χ0n) is 13.3. The fraction of sp³-hybridized carbons (Fsp3) is 0.111. The van der Waals surface area contributed by atoms with E-state index in [1.807, 2.05) is 30.3 Å². The molecule has 126 valence electrons. The molecular weight excluding hydrogens is 320 g/mol. The highest BCUT2D eigenvalue weighted by molar-refractivity contribution is 6.17. The summed E-state index contributed by atoms with van der Waals surface area (Å²) in [6.07, 6.45) is 1.22. The number of amides is 2. The Morgan fingerprint density at radius 1 is 0.920 bits per heavy atom. The summed E-state index contributed by atoms with van der Waals surface area (Å²) in [6.45, 7) is -0.280. The number of hydrogen-bond acceptors (Lipinski definition) is 6. The van der Waals surface area contributed by atoms with Crippen molar-refractivity contribution in [2.24, 2.45) is 10.2 Å². The summed E-state index contributed by atoms with van der Waals surface area (Å²) in [6, 6.07) is 16.4. The Balaban J connectivity index is 1.65. The monoisotopic (exact) mass is 336 g/mol. The number of benzene rings is 2. The smallest absolute Gasteiger partial charge is 0.277 e. The van der Waals surface area contributed by atoms with Gasteiger partial charge in [-0.15, -0.1) is 0 Å². The van der Waals surface area contributed by atoms with Crippen LogP contribution in [0.15, 0.2) is 76.6 Å². The second-order valence-corrected chi connectivity index (χ2v) is 5.28. The maximum Gasteiger partial charge on any atom is 0.277 e. The van der Waals surface area contributed by atoms with Crippen molar-refractivity contribution < 1.29 is 14.7 Å². The van der Waals surface area contributed by atoms with E-state index in [2.05, 4.69) is 15.5 Å². The third-order valence-electron chi connectivity index (χ3n) is 3.52. The average molecular weight is 336 g/mol. The molecule has 3 rings (SSSR count). The number of carbonyl (C=O) groups is 2. The van der Waals surface area contributed by atoms with E-state index < -0.39 is 11.8 Å². The van der Waals surface area contributed by atoms with Gasteiger partial charge in [0.2, 0.25) is 0 Å². The number of rotatable bonds is 6. The zero-order valence-corrected chi connectivity index (χ0v) is 13.3. The van der Waals surface area contributed by atoms with Crippen molar-refractivity contribution in [3.8, 4) is 0 Å². The van der Waals surface area contributed by atoms with Gasteiger partial charge in [0.25, 0.3) is 11.8 Å². The van der Waals surface area contributed by atoms with Crippen LogP contribution in [0.2, 0.25) is 0 Å². The van der Waals surface area contributed by atoms with Crippen molar-refractivity contribution in [3.63, 3.8) is 0 Å². The highest BCUT2D eigenvalue weighted by atomic mass is 16.3. The molecule has 0 aromatic heterocycles.